The molecule has 0 aliphatic heterocycles. The number of nitrogens with zero attached hydrogens (tertiary/aromatic N) is 2. The fourth-order valence-corrected chi connectivity index (χ4v) is 16.0. The molecule has 0 aliphatic rings. The first kappa shape index (κ1) is 103. The lowest BCUT2D eigenvalue weighted by atomic mass is 9.76. The van der Waals surface area contributed by atoms with Crippen molar-refractivity contribution in [3.8, 4) is 0 Å². The molecule has 6 atom stereocenters. The summed E-state index contributed by atoms with van der Waals surface area (Å²) < 4.78 is 24.2. The van der Waals surface area contributed by atoms with E-state index in [2.05, 4.69) is 65.2 Å². The fraction of sp³-hybridized carbons (Fsp3) is 0.957. The normalized spacial score (nSPS) is 13.5. The summed E-state index contributed by atoms with van der Waals surface area (Å²) in [6, 6.07) is 0. The van der Waals surface area contributed by atoms with E-state index in [9.17, 15) is 29.4 Å². The molecule has 624 valence electrons. The van der Waals surface area contributed by atoms with Crippen molar-refractivity contribution < 1.29 is 48.3 Å². The molecule has 105 heavy (non-hydrogen) atoms. The third-order valence-corrected chi connectivity index (χ3v) is 23.1. The number of aliphatic hydroxyl groups is 2. The topological polar surface area (TPSA) is 152 Å². The molecule has 12 nitrogen and oxygen atoms in total. The second kappa shape index (κ2) is 81.2. The van der Waals surface area contributed by atoms with E-state index in [4.69, 9.17) is 18.9 Å². The third kappa shape index (κ3) is 69.4. The highest BCUT2D eigenvalue weighted by Crippen LogP contribution is 2.35. The van der Waals surface area contributed by atoms with Crippen molar-refractivity contribution in [1.82, 2.24) is 9.80 Å². The molecule has 0 spiro atoms. The molecule has 0 radical (unpaired) electrons. The van der Waals surface area contributed by atoms with Gasteiger partial charge in [0, 0.05) is 45.4 Å². The van der Waals surface area contributed by atoms with Crippen LogP contribution in [0.4, 0.5) is 0 Å². The quantitative estimate of drug-likeness (QED) is 0.0339. The van der Waals surface area contributed by atoms with Gasteiger partial charge in [0.15, 0.2) is 0 Å². The maximum atomic E-state index is 13.5. The summed E-state index contributed by atoms with van der Waals surface area (Å²) in [6.45, 7) is 26.5. The Bertz CT molecular complexity index is 1820. The molecule has 0 aliphatic carbocycles. The van der Waals surface area contributed by atoms with E-state index in [1.165, 1.54) is 250 Å². The summed E-state index contributed by atoms with van der Waals surface area (Å²) in [6.07, 6.45) is 70.7. The molecule has 0 rings (SSSR count). The summed E-state index contributed by atoms with van der Waals surface area (Å²) in [7, 11) is 0. The van der Waals surface area contributed by atoms with Gasteiger partial charge in [-0.25, -0.2) is 0 Å². The Morgan fingerprint density at radius 3 is 0.800 bits per heavy atom. The van der Waals surface area contributed by atoms with Gasteiger partial charge in [0.2, 0.25) is 0 Å². The average Bonchev–Trinajstić information content (AvgIpc) is 0.942. The van der Waals surface area contributed by atoms with Crippen LogP contribution in [-0.4, -0.2) is 123 Å². The molecule has 6 unspecified atom stereocenters. The maximum Gasteiger partial charge on any atom is 0.305 e. The standard InChI is InChI=1S/C93H182N2O10/c1-9-17-24-30-34-42-60-84(58-40-28-21-13-5)80-102-90(98)67-46-38-50-71-95(76-57-78-97)72-51-39-47-68-91(99)105-83-87(63-45-37-33-27-20-12-4)79-89(65-23-15-7)88(16-8)66-56-64-86(62-44-36-32-26-19-11-3)82-104-93(101)70-49-53-74-94(75-54-55-77-96)73-52-48-69-92(100)103-81-85(59-41-29-22-14-6)61-43-35-31-25-18-10-2/h84-89,96-97H,9-83H2,1-8H3. The lowest BCUT2D eigenvalue weighted by Crippen LogP contribution is -2.28. The van der Waals surface area contributed by atoms with Crippen LogP contribution in [-0.2, 0) is 38.1 Å². The molecule has 0 fully saturated rings. The number of hydrogen-bond acceptors (Lipinski definition) is 12. The van der Waals surface area contributed by atoms with Crippen molar-refractivity contribution in [3.63, 3.8) is 0 Å². The van der Waals surface area contributed by atoms with E-state index in [1.54, 1.807) is 0 Å². The predicted octanol–water partition coefficient (Wildman–Crippen LogP) is 26.2. The number of unbranched alkanes of at least 4 members (excludes halogenated alkanes) is 34. The minimum absolute atomic E-state index is 0.0371. The van der Waals surface area contributed by atoms with Crippen LogP contribution in [0.25, 0.3) is 0 Å². The van der Waals surface area contributed by atoms with Gasteiger partial charge in [0.25, 0.3) is 0 Å². The Morgan fingerprint density at radius 1 is 0.238 bits per heavy atom. The average molecular weight is 1490 g/mol. The highest BCUT2D eigenvalue weighted by Gasteiger charge is 2.26. The molecule has 0 saturated carbocycles. The lowest BCUT2D eigenvalue weighted by Gasteiger charge is -2.31. The van der Waals surface area contributed by atoms with Gasteiger partial charge in [-0.3, -0.25) is 19.2 Å². The van der Waals surface area contributed by atoms with Gasteiger partial charge in [0.05, 0.1) is 26.4 Å². The van der Waals surface area contributed by atoms with Crippen molar-refractivity contribution in [2.24, 2.45) is 35.5 Å². The molecule has 2 N–H and O–H groups in total. The number of rotatable bonds is 86. The van der Waals surface area contributed by atoms with Gasteiger partial charge in [0.1, 0.15) is 0 Å². The largest absolute Gasteiger partial charge is 0.465 e. The minimum atomic E-state index is -0.0659. The molecular weight excluding hydrogens is 1310 g/mol. The zero-order chi connectivity index (χ0) is 76.8. The summed E-state index contributed by atoms with van der Waals surface area (Å²) in [5.74, 6) is 2.75. The SMILES string of the molecule is CCCCCCCCC(CCCCCC)COC(=O)CCCCCN(CCCO)CCCCCC(=O)OCC(CCCCCCCC)CC(CCCC)C(CC)CCCC(CCCCCCCC)COC(=O)CCCCN(CCCCO)CCCCC(=O)OCC(CCCCCC)CCCCCCCC. The van der Waals surface area contributed by atoms with E-state index in [1.807, 2.05) is 0 Å². The number of esters is 4. The summed E-state index contributed by atoms with van der Waals surface area (Å²) in [5.41, 5.74) is 0. The van der Waals surface area contributed by atoms with Crippen LogP contribution in [0.3, 0.4) is 0 Å². The molecular formula is C93H182N2O10. The van der Waals surface area contributed by atoms with Gasteiger partial charge >= 0.3 is 23.9 Å². The Hall–Kier alpha value is -2.28. The molecule has 0 heterocycles. The van der Waals surface area contributed by atoms with Crippen LogP contribution in [0.5, 0.6) is 0 Å². The van der Waals surface area contributed by atoms with Crippen LogP contribution >= 0.6 is 0 Å². The number of ether oxygens (including phenoxy) is 4. The molecule has 12 heteroatoms. The molecule has 0 saturated heterocycles. The molecule has 0 aromatic rings. The Morgan fingerprint density at radius 2 is 0.476 bits per heavy atom. The summed E-state index contributed by atoms with van der Waals surface area (Å²) >= 11 is 0. The van der Waals surface area contributed by atoms with Crippen LogP contribution < -0.4 is 0 Å². The van der Waals surface area contributed by atoms with Crippen molar-refractivity contribution in [2.45, 2.75) is 460 Å². The highest BCUT2D eigenvalue weighted by molar-refractivity contribution is 5.70. The lowest BCUT2D eigenvalue weighted by molar-refractivity contribution is -0.146. The third-order valence-electron chi connectivity index (χ3n) is 23.1. The van der Waals surface area contributed by atoms with Crippen LogP contribution in [0.2, 0.25) is 0 Å². The van der Waals surface area contributed by atoms with Crippen molar-refractivity contribution in [2.75, 3.05) is 78.9 Å². The molecule has 0 amide bonds. The van der Waals surface area contributed by atoms with E-state index >= 15 is 0 Å². The number of carbonyl (C=O) groups is 4. The van der Waals surface area contributed by atoms with E-state index in [0.717, 1.165) is 168 Å². The van der Waals surface area contributed by atoms with Crippen molar-refractivity contribution in [3.05, 3.63) is 0 Å². The number of carbonyl (C=O) groups excluding carboxylic acids is 4. The monoisotopic (exact) mass is 1490 g/mol. The zero-order valence-electron chi connectivity index (χ0n) is 71.6. The second-order valence-corrected chi connectivity index (χ2v) is 33.1. The van der Waals surface area contributed by atoms with Crippen LogP contribution in [0.1, 0.15) is 460 Å². The van der Waals surface area contributed by atoms with Gasteiger partial charge in [-0.05, 0) is 190 Å². The first-order valence-corrected chi connectivity index (χ1v) is 46.8. The maximum absolute atomic E-state index is 13.5. The van der Waals surface area contributed by atoms with Gasteiger partial charge in [-0.1, -0.05) is 312 Å². The first-order valence-electron chi connectivity index (χ1n) is 46.8. The van der Waals surface area contributed by atoms with Gasteiger partial charge < -0.3 is 39.0 Å². The first-order chi connectivity index (χ1) is 51.5. The highest BCUT2D eigenvalue weighted by atomic mass is 16.5. The zero-order valence-corrected chi connectivity index (χ0v) is 71.6. The van der Waals surface area contributed by atoms with E-state index < -0.39 is 0 Å². The van der Waals surface area contributed by atoms with Crippen molar-refractivity contribution in [1.29, 1.82) is 0 Å². The summed E-state index contributed by atoms with van der Waals surface area (Å²) in [4.78, 5) is 57.8. The Kier molecular flexibility index (Phi) is 79.5. The predicted molar refractivity (Wildman–Crippen MR) is 448 cm³/mol. The summed E-state index contributed by atoms with van der Waals surface area (Å²) in [5, 5.41) is 19.3. The van der Waals surface area contributed by atoms with E-state index in [-0.39, 0.29) is 37.1 Å². The van der Waals surface area contributed by atoms with Crippen LogP contribution in [0, 0.1) is 35.5 Å². The van der Waals surface area contributed by atoms with Gasteiger partial charge in [-0.15, -0.1) is 0 Å². The van der Waals surface area contributed by atoms with E-state index in [0.29, 0.717) is 87.6 Å². The van der Waals surface area contributed by atoms with Crippen molar-refractivity contribution >= 4 is 23.9 Å². The Balaban J connectivity index is 5.49. The second-order valence-electron chi connectivity index (χ2n) is 33.1. The smallest absolute Gasteiger partial charge is 0.305 e. The fourth-order valence-electron chi connectivity index (χ4n) is 16.0. The molecule has 0 aromatic carbocycles. The Labute approximate surface area is 653 Å². The molecule has 0 aromatic heterocycles. The van der Waals surface area contributed by atoms with Gasteiger partial charge in [-0.2, -0.15) is 0 Å². The number of hydrogen-bond donors (Lipinski definition) is 2. The van der Waals surface area contributed by atoms with Crippen LogP contribution in [0.15, 0.2) is 0 Å². The molecule has 0 bridgehead atoms. The number of aliphatic hydroxyl groups excluding tert-OH is 2. The minimum Gasteiger partial charge on any atom is -0.465 e.